The summed E-state index contributed by atoms with van der Waals surface area (Å²) in [5.41, 5.74) is 0.635. The predicted molar refractivity (Wildman–Crippen MR) is 40.4 cm³/mol. The molecule has 1 rings (SSSR count). The molecule has 0 radical (unpaired) electrons. The van der Waals surface area contributed by atoms with Gasteiger partial charge in [0.15, 0.2) is 0 Å². The Morgan fingerprint density at radius 2 is 1.90 bits per heavy atom. The fraction of sp³-hybridized carbons (Fsp3) is 0. The van der Waals surface area contributed by atoms with E-state index >= 15 is 0 Å². The molecule has 0 unspecified atom stereocenters. The van der Waals surface area contributed by atoms with Gasteiger partial charge in [-0.2, -0.15) is 0 Å². The van der Waals surface area contributed by atoms with Crippen molar-refractivity contribution in [2.24, 2.45) is 0 Å². The molecule has 1 aromatic carbocycles. The van der Waals surface area contributed by atoms with Crippen molar-refractivity contribution in [2.75, 3.05) is 0 Å². The predicted octanol–water partition coefficient (Wildman–Crippen LogP) is 0.391. The molecule has 0 atom stereocenters. The van der Waals surface area contributed by atoms with Crippen molar-refractivity contribution < 1.29 is 8.32 Å². The Kier molecular flexibility index (Phi) is 2.59. The molecule has 0 fully saturated rings. The van der Waals surface area contributed by atoms with Crippen molar-refractivity contribution in [3.8, 4) is 0 Å². The first-order valence-electron chi connectivity index (χ1n) is 2.98. The van der Waals surface area contributed by atoms with Crippen LogP contribution in [0.4, 0.5) is 0 Å². The van der Waals surface area contributed by atoms with Gasteiger partial charge < -0.3 is 0 Å². The van der Waals surface area contributed by atoms with Crippen LogP contribution in [0.1, 0.15) is 10.4 Å². The van der Waals surface area contributed by atoms with Gasteiger partial charge in [-0.05, 0) is 0 Å². The average Bonchev–Trinajstić information content (AvgIpc) is 2.05. The van der Waals surface area contributed by atoms with E-state index in [-0.39, 0.29) is 24.9 Å². The van der Waals surface area contributed by atoms with Crippen molar-refractivity contribution in [3.05, 3.63) is 35.9 Å². The summed E-state index contributed by atoms with van der Waals surface area (Å²) in [5, 5.41) is 0. The van der Waals surface area contributed by atoms with Crippen LogP contribution in [-0.4, -0.2) is 24.9 Å². The van der Waals surface area contributed by atoms with Gasteiger partial charge in [-0.15, -0.1) is 0 Å². The zero-order valence-corrected chi connectivity index (χ0v) is 9.90. The Hall–Kier alpha value is -0.674. The van der Waals surface area contributed by atoms with Crippen LogP contribution in [0.5, 0.6) is 0 Å². The van der Waals surface area contributed by atoms with Gasteiger partial charge in [0.05, 0.1) is 0 Å². The van der Waals surface area contributed by atoms with Crippen LogP contribution >= 0.6 is 0 Å². The molecule has 0 aliphatic carbocycles. The molecule has 0 saturated carbocycles. The Bertz CT molecular complexity index is 220. The third-order valence-electron chi connectivity index (χ3n) is 1.19. The Morgan fingerprint density at radius 3 is 2.40 bits per heavy atom. The maximum absolute atomic E-state index is 10.8. The Labute approximate surface area is 69.5 Å². The average molecular weight is 193 g/mol. The fourth-order valence-corrected chi connectivity index (χ4v) is 1.19. The van der Waals surface area contributed by atoms with Crippen LogP contribution in [0.2, 0.25) is 0 Å². The topological polar surface area (TPSA) is 26.3 Å². The van der Waals surface area contributed by atoms with E-state index in [1.807, 2.05) is 18.2 Å². The molecular formula is C7H7GaO2. The molecule has 0 bridgehead atoms. The van der Waals surface area contributed by atoms with E-state index < -0.39 is 0 Å². The molecular weight excluding hydrogens is 186 g/mol. The van der Waals surface area contributed by atoms with E-state index in [4.69, 9.17) is 0 Å². The molecule has 0 aromatic heterocycles. The summed E-state index contributed by atoms with van der Waals surface area (Å²) >= 11 is 0.139. The minimum atomic E-state index is -0.208. The summed E-state index contributed by atoms with van der Waals surface area (Å²) in [4.78, 5) is 10.8. The number of hydrogen-bond acceptors (Lipinski definition) is 2. The quantitative estimate of drug-likeness (QED) is 0.603. The number of benzene rings is 1. The van der Waals surface area contributed by atoms with E-state index in [1.165, 1.54) is 0 Å². The van der Waals surface area contributed by atoms with Gasteiger partial charge in [0.25, 0.3) is 0 Å². The van der Waals surface area contributed by atoms with Gasteiger partial charge in [0.2, 0.25) is 0 Å². The van der Waals surface area contributed by atoms with E-state index in [2.05, 4.69) is 3.53 Å². The van der Waals surface area contributed by atoms with Gasteiger partial charge in [0, 0.05) is 0 Å². The molecule has 0 aliphatic heterocycles. The summed E-state index contributed by atoms with van der Waals surface area (Å²) in [7, 11) is 0. The van der Waals surface area contributed by atoms with Crippen LogP contribution in [0, 0.1) is 0 Å². The summed E-state index contributed by atoms with van der Waals surface area (Å²) < 4.78 is 4.68. The van der Waals surface area contributed by atoms with Gasteiger partial charge in [-0.1, -0.05) is 0 Å². The normalized spacial score (nSPS) is 8.80. The molecule has 0 N–H and O–H groups in total. The third-order valence-corrected chi connectivity index (χ3v) is 1.97. The first-order chi connectivity index (χ1) is 4.84. The molecule has 0 aliphatic rings. The van der Waals surface area contributed by atoms with Crippen LogP contribution in [0.15, 0.2) is 30.3 Å². The molecule has 0 amide bonds. The first kappa shape index (κ1) is 7.43. The molecule has 0 saturated heterocycles. The van der Waals surface area contributed by atoms with Crippen molar-refractivity contribution in [2.45, 2.75) is 0 Å². The van der Waals surface area contributed by atoms with Crippen LogP contribution in [0.25, 0.3) is 0 Å². The van der Waals surface area contributed by atoms with Gasteiger partial charge >= 0.3 is 69.2 Å². The summed E-state index contributed by atoms with van der Waals surface area (Å²) in [6.45, 7) is 0. The summed E-state index contributed by atoms with van der Waals surface area (Å²) in [6, 6.07) is 8.99. The van der Waals surface area contributed by atoms with Crippen molar-refractivity contribution in [1.82, 2.24) is 0 Å². The van der Waals surface area contributed by atoms with E-state index in [0.717, 1.165) is 0 Å². The zero-order chi connectivity index (χ0) is 7.40. The fourth-order valence-electron chi connectivity index (χ4n) is 0.692. The number of hydrogen-bond donors (Lipinski definition) is 0. The molecule has 2 nitrogen and oxygen atoms in total. The second kappa shape index (κ2) is 3.48. The number of carbonyl (C=O) groups is 1. The standard InChI is InChI=1S/C7H6O2.Ga.2H/c8-7(9)6-4-2-1-3-5-6;;;/h1-5H,(H,8,9);;;/q;+1;;/p-1. The second-order valence-corrected chi connectivity index (χ2v) is 2.71. The van der Waals surface area contributed by atoms with Gasteiger partial charge in [-0.25, -0.2) is 0 Å². The minimum absolute atomic E-state index is 0.139. The van der Waals surface area contributed by atoms with Crippen molar-refractivity contribution >= 4 is 24.9 Å². The second-order valence-electron chi connectivity index (χ2n) is 1.86. The van der Waals surface area contributed by atoms with Crippen LogP contribution in [-0.2, 0) is 3.53 Å². The number of carbonyl (C=O) groups excluding carboxylic acids is 1. The van der Waals surface area contributed by atoms with E-state index in [0.29, 0.717) is 5.56 Å². The van der Waals surface area contributed by atoms with Gasteiger partial charge in [-0.3, -0.25) is 0 Å². The Balaban J connectivity index is 2.85. The third kappa shape index (κ3) is 1.65. The van der Waals surface area contributed by atoms with Crippen LogP contribution in [0.3, 0.4) is 0 Å². The monoisotopic (exact) mass is 192 g/mol. The summed E-state index contributed by atoms with van der Waals surface area (Å²) in [6.07, 6.45) is 0. The van der Waals surface area contributed by atoms with E-state index in [1.54, 1.807) is 12.1 Å². The molecule has 10 heavy (non-hydrogen) atoms. The molecule has 1 aromatic rings. The number of rotatable bonds is 1. The Morgan fingerprint density at radius 1 is 1.30 bits per heavy atom. The summed E-state index contributed by atoms with van der Waals surface area (Å²) in [5.74, 6) is -0.208. The van der Waals surface area contributed by atoms with Crippen molar-refractivity contribution in [3.63, 3.8) is 0 Å². The van der Waals surface area contributed by atoms with Gasteiger partial charge in [0.1, 0.15) is 0 Å². The zero-order valence-electron chi connectivity index (χ0n) is 5.70. The van der Waals surface area contributed by atoms with Crippen LogP contribution < -0.4 is 0 Å². The SMILES string of the molecule is O=C([O][GaH2])c1ccccc1. The van der Waals surface area contributed by atoms with Crippen molar-refractivity contribution in [1.29, 1.82) is 0 Å². The molecule has 50 valence electrons. The first-order valence-corrected chi connectivity index (χ1v) is 4.69. The molecule has 0 heterocycles. The van der Waals surface area contributed by atoms with E-state index in [9.17, 15) is 4.79 Å². The molecule has 3 heteroatoms. The molecule has 0 spiro atoms. The maximum atomic E-state index is 10.8.